The highest BCUT2D eigenvalue weighted by atomic mass is 16.5. The quantitative estimate of drug-likeness (QED) is 0.536. The van der Waals surface area contributed by atoms with Gasteiger partial charge >= 0.3 is 5.97 Å². The summed E-state index contributed by atoms with van der Waals surface area (Å²) in [5, 5.41) is 0. The average molecular weight is 501 g/mol. The number of carbonyl (C=O) groups excluding carboxylic acids is 2. The molecule has 1 spiro atoms. The SMILES string of the molecule is CCOC(=O)C1=C(N)Oc2cc(C)n(Cc3ccncc3)c(=O)c2C12C(=O)N(C(C)C)c1ccccc12. The van der Waals surface area contributed by atoms with Crippen LogP contribution in [0.25, 0.3) is 0 Å². The Kier molecular flexibility index (Phi) is 5.86. The summed E-state index contributed by atoms with van der Waals surface area (Å²) in [5.41, 5.74) is 6.50. The molecule has 1 aromatic carbocycles. The van der Waals surface area contributed by atoms with Gasteiger partial charge in [0.1, 0.15) is 16.7 Å². The Morgan fingerprint density at radius 2 is 1.86 bits per heavy atom. The number of anilines is 1. The first-order valence-corrected chi connectivity index (χ1v) is 12.2. The van der Waals surface area contributed by atoms with Gasteiger partial charge < -0.3 is 24.7 Å². The van der Waals surface area contributed by atoms with E-state index in [4.69, 9.17) is 15.2 Å². The van der Waals surface area contributed by atoms with E-state index in [2.05, 4.69) is 4.98 Å². The first-order valence-electron chi connectivity index (χ1n) is 12.2. The van der Waals surface area contributed by atoms with Crippen molar-refractivity contribution in [3.8, 4) is 5.75 Å². The number of ether oxygens (including phenoxy) is 2. The number of nitrogens with two attached hydrogens (primary N) is 1. The van der Waals surface area contributed by atoms with Crippen LogP contribution in [0.5, 0.6) is 5.75 Å². The Hall–Kier alpha value is -4.40. The van der Waals surface area contributed by atoms with Crippen LogP contribution in [-0.2, 0) is 26.3 Å². The second kappa shape index (κ2) is 8.92. The van der Waals surface area contributed by atoms with Gasteiger partial charge in [-0.3, -0.25) is 14.6 Å². The molecule has 3 aromatic rings. The second-order valence-electron chi connectivity index (χ2n) is 9.37. The average Bonchev–Trinajstić information content (AvgIpc) is 3.11. The number of hydrogen-bond donors (Lipinski definition) is 1. The number of fused-ring (bicyclic) bond motifs is 4. The lowest BCUT2D eigenvalue weighted by Gasteiger charge is -2.36. The largest absolute Gasteiger partial charge is 0.462 e. The monoisotopic (exact) mass is 500 g/mol. The molecule has 2 N–H and O–H groups in total. The van der Waals surface area contributed by atoms with Crippen LogP contribution < -0.4 is 20.9 Å². The zero-order valence-electron chi connectivity index (χ0n) is 21.1. The van der Waals surface area contributed by atoms with E-state index < -0.39 is 22.9 Å². The molecule has 0 fully saturated rings. The van der Waals surface area contributed by atoms with E-state index in [0.717, 1.165) is 5.56 Å². The minimum Gasteiger partial charge on any atom is -0.462 e. The Morgan fingerprint density at radius 3 is 2.54 bits per heavy atom. The van der Waals surface area contributed by atoms with Crippen LogP contribution in [0.3, 0.4) is 0 Å². The van der Waals surface area contributed by atoms with E-state index in [0.29, 0.717) is 16.9 Å². The molecule has 9 nitrogen and oxygen atoms in total. The van der Waals surface area contributed by atoms with Gasteiger partial charge in [-0.15, -0.1) is 0 Å². The van der Waals surface area contributed by atoms with Crippen molar-refractivity contribution >= 4 is 17.6 Å². The zero-order chi connectivity index (χ0) is 26.5. The van der Waals surface area contributed by atoms with Crippen LogP contribution in [0.4, 0.5) is 5.69 Å². The third kappa shape index (κ3) is 3.45. The van der Waals surface area contributed by atoms with Crippen LogP contribution >= 0.6 is 0 Å². The van der Waals surface area contributed by atoms with Gasteiger partial charge in [0, 0.05) is 41.4 Å². The lowest BCUT2D eigenvalue weighted by atomic mass is 9.68. The number of para-hydroxylation sites is 1. The van der Waals surface area contributed by atoms with Gasteiger partial charge in [-0.1, -0.05) is 18.2 Å². The van der Waals surface area contributed by atoms with Gasteiger partial charge in [-0.2, -0.15) is 0 Å². The topological polar surface area (TPSA) is 117 Å². The highest BCUT2D eigenvalue weighted by Crippen LogP contribution is 2.55. The smallest absolute Gasteiger partial charge is 0.341 e. The molecule has 2 aromatic heterocycles. The first kappa shape index (κ1) is 24.3. The zero-order valence-corrected chi connectivity index (χ0v) is 21.1. The molecule has 2 aliphatic heterocycles. The maximum absolute atomic E-state index is 14.5. The predicted octanol–water partition coefficient (Wildman–Crippen LogP) is 2.77. The summed E-state index contributed by atoms with van der Waals surface area (Å²) in [6.07, 6.45) is 3.30. The Balaban J connectivity index is 1.88. The Labute approximate surface area is 214 Å². The highest BCUT2D eigenvalue weighted by molar-refractivity contribution is 6.18. The molecule has 37 heavy (non-hydrogen) atoms. The Morgan fingerprint density at radius 1 is 1.16 bits per heavy atom. The predicted molar refractivity (Wildman–Crippen MR) is 137 cm³/mol. The lowest BCUT2D eigenvalue weighted by molar-refractivity contribution is -0.141. The van der Waals surface area contributed by atoms with Crippen molar-refractivity contribution in [3.05, 3.63) is 99.1 Å². The molecule has 0 aliphatic carbocycles. The number of aryl methyl sites for hydroxylation is 1. The molecule has 2 aliphatic rings. The van der Waals surface area contributed by atoms with E-state index >= 15 is 0 Å². The normalized spacial score (nSPS) is 18.2. The fraction of sp³-hybridized carbons (Fsp3) is 0.286. The van der Waals surface area contributed by atoms with Gasteiger partial charge in [0.2, 0.25) is 11.8 Å². The van der Waals surface area contributed by atoms with Gasteiger partial charge in [-0.25, -0.2) is 4.79 Å². The van der Waals surface area contributed by atoms with Crippen molar-refractivity contribution in [1.29, 1.82) is 0 Å². The van der Waals surface area contributed by atoms with Gasteiger partial charge in [0.05, 0.1) is 18.7 Å². The van der Waals surface area contributed by atoms with Crippen molar-refractivity contribution in [2.45, 2.75) is 45.7 Å². The molecule has 0 radical (unpaired) electrons. The van der Waals surface area contributed by atoms with Crippen molar-refractivity contribution in [2.24, 2.45) is 5.73 Å². The summed E-state index contributed by atoms with van der Waals surface area (Å²) < 4.78 is 12.8. The number of hydrogen-bond acceptors (Lipinski definition) is 7. The maximum Gasteiger partial charge on any atom is 0.341 e. The fourth-order valence-electron chi connectivity index (χ4n) is 5.37. The summed E-state index contributed by atoms with van der Waals surface area (Å²) in [6, 6.07) is 12.2. The minimum absolute atomic E-state index is 0.0463. The molecule has 5 rings (SSSR count). The molecule has 1 unspecified atom stereocenters. The van der Waals surface area contributed by atoms with Gasteiger partial charge in [-0.05, 0) is 51.5 Å². The number of rotatable bonds is 5. The van der Waals surface area contributed by atoms with E-state index in [-0.39, 0.29) is 42.0 Å². The number of aromatic nitrogens is 2. The second-order valence-corrected chi connectivity index (χ2v) is 9.37. The van der Waals surface area contributed by atoms with Crippen LogP contribution in [0.2, 0.25) is 0 Å². The number of esters is 1. The van der Waals surface area contributed by atoms with Crippen LogP contribution in [0, 0.1) is 6.92 Å². The molecule has 0 saturated heterocycles. The molecule has 1 amide bonds. The van der Waals surface area contributed by atoms with Crippen LogP contribution in [0.15, 0.2) is 71.1 Å². The molecule has 9 heteroatoms. The fourth-order valence-corrected chi connectivity index (χ4v) is 5.37. The van der Waals surface area contributed by atoms with Gasteiger partial charge in [0.15, 0.2) is 0 Å². The summed E-state index contributed by atoms with van der Waals surface area (Å²) >= 11 is 0. The maximum atomic E-state index is 14.5. The van der Waals surface area contributed by atoms with E-state index in [1.807, 2.05) is 32.0 Å². The molecular weight excluding hydrogens is 472 g/mol. The number of amides is 1. The Bertz CT molecular complexity index is 1510. The summed E-state index contributed by atoms with van der Waals surface area (Å²) in [7, 11) is 0. The molecule has 4 heterocycles. The summed E-state index contributed by atoms with van der Waals surface area (Å²) in [4.78, 5) is 48.0. The summed E-state index contributed by atoms with van der Waals surface area (Å²) in [6.45, 7) is 7.50. The summed E-state index contributed by atoms with van der Waals surface area (Å²) in [5.74, 6) is -1.37. The third-order valence-corrected chi connectivity index (χ3v) is 6.88. The lowest BCUT2D eigenvalue weighted by Crippen LogP contribution is -2.53. The van der Waals surface area contributed by atoms with Crippen molar-refractivity contribution < 1.29 is 19.1 Å². The number of carbonyl (C=O) groups is 2. The number of benzene rings is 1. The minimum atomic E-state index is -1.82. The number of pyridine rings is 2. The van der Waals surface area contributed by atoms with E-state index in [9.17, 15) is 14.4 Å². The van der Waals surface area contributed by atoms with Gasteiger partial charge in [0.25, 0.3) is 5.56 Å². The van der Waals surface area contributed by atoms with E-state index in [1.54, 1.807) is 60.0 Å². The first-order chi connectivity index (χ1) is 17.7. The molecule has 190 valence electrons. The van der Waals surface area contributed by atoms with Crippen molar-refractivity contribution in [1.82, 2.24) is 9.55 Å². The molecular formula is C28H28N4O5. The van der Waals surface area contributed by atoms with E-state index in [1.165, 1.54) is 0 Å². The van der Waals surface area contributed by atoms with Crippen LogP contribution in [-0.4, -0.2) is 34.1 Å². The standard InChI is InChI=1S/C28H28N4O5/c1-5-36-26(34)23-24(29)37-21-14-17(4)31(15-18-10-12-30-13-11-18)25(33)22(21)28(23)19-8-6-7-9-20(19)32(16(2)3)27(28)35/h6-14,16H,5,15,29H2,1-4H3. The number of nitrogens with zero attached hydrogens (tertiary/aromatic N) is 3. The molecule has 1 atom stereocenters. The highest BCUT2D eigenvalue weighted by Gasteiger charge is 2.63. The third-order valence-electron chi connectivity index (χ3n) is 6.88. The molecule has 0 saturated carbocycles. The van der Waals surface area contributed by atoms with Crippen molar-refractivity contribution in [3.63, 3.8) is 0 Å². The molecule has 0 bridgehead atoms. The van der Waals surface area contributed by atoms with Crippen LogP contribution in [0.1, 0.15) is 43.2 Å². The van der Waals surface area contributed by atoms with Crippen molar-refractivity contribution in [2.75, 3.05) is 11.5 Å².